The Morgan fingerprint density at radius 1 is 0.971 bits per heavy atom. The van der Waals surface area contributed by atoms with Gasteiger partial charge in [0, 0.05) is 10.0 Å². The van der Waals surface area contributed by atoms with Crippen LogP contribution < -0.4 is 19.6 Å². The summed E-state index contributed by atoms with van der Waals surface area (Å²) in [6.07, 6.45) is 0.611. The first-order chi connectivity index (χ1) is 16.3. The zero-order chi connectivity index (χ0) is 24.7. The van der Waals surface area contributed by atoms with Crippen LogP contribution in [-0.4, -0.2) is 31.3 Å². The standard InChI is InChI=1S/C24H19Cl3N2O5/c1-14(33-18-5-3-4-16(25)11-18)23(30)29-28-13-15-6-9-21(22(10-15)32-2)34-24(31)19-8-7-17(26)12-20(19)27/h3-14H,1-2H3,(H,29,30)/b28-13-/t14-/m0/s1. The van der Waals surface area contributed by atoms with Crippen LogP contribution in [0.5, 0.6) is 17.2 Å². The first kappa shape index (κ1) is 25.4. The topological polar surface area (TPSA) is 86.2 Å². The van der Waals surface area contributed by atoms with Gasteiger partial charge in [-0.25, -0.2) is 10.2 Å². The number of hydrogen-bond donors (Lipinski definition) is 1. The normalized spacial score (nSPS) is 11.7. The van der Waals surface area contributed by atoms with Gasteiger partial charge in [0.1, 0.15) is 5.75 Å². The van der Waals surface area contributed by atoms with Gasteiger partial charge in [0.05, 0.1) is 23.9 Å². The molecule has 0 fully saturated rings. The van der Waals surface area contributed by atoms with Crippen LogP contribution >= 0.6 is 34.8 Å². The van der Waals surface area contributed by atoms with Crippen molar-refractivity contribution in [1.82, 2.24) is 5.43 Å². The van der Waals surface area contributed by atoms with Crippen molar-refractivity contribution in [3.63, 3.8) is 0 Å². The summed E-state index contributed by atoms with van der Waals surface area (Å²) in [4.78, 5) is 24.7. The van der Waals surface area contributed by atoms with E-state index in [4.69, 9.17) is 49.0 Å². The van der Waals surface area contributed by atoms with Crippen molar-refractivity contribution in [3.8, 4) is 17.2 Å². The smallest absolute Gasteiger partial charge is 0.345 e. The number of nitrogens with zero attached hydrogens (tertiary/aromatic N) is 1. The molecule has 0 aliphatic heterocycles. The lowest BCUT2D eigenvalue weighted by Crippen LogP contribution is -2.33. The fraction of sp³-hybridized carbons (Fsp3) is 0.125. The van der Waals surface area contributed by atoms with E-state index in [1.165, 1.54) is 37.6 Å². The highest BCUT2D eigenvalue weighted by Crippen LogP contribution is 2.30. The molecule has 0 bridgehead atoms. The van der Waals surface area contributed by atoms with Crippen LogP contribution in [-0.2, 0) is 4.79 Å². The fourth-order valence-corrected chi connectivity index (χ4v) is 3.38. The van der Waals surface area contributed by atoms with Gasteiger partial charge in [0.2, 0.25) is 0 Å². The lowest BCUT2D eigenvalue weighted by atomic mass is 10.2. The van der Waals surface area contributed by atoms with Crippen LogP contribution in [0.1, 0.15) is 22.8 Å². The molecule has 0 saturated heterocycles. The number of hydrazone groups is 1. The Morgan fingerprint density at radius 2 is 1.74 bits per heavy atom. The molecule has 176 valence electrons. The Balaban J connectivity index is 1.62. The Kier molecular flexibility index (Phi) is 8.76. The number of carbonyl (C=O) groups is 2. The van der Waals surface area contributed by atoms with Gasteiger partial charge in [-0.2, -0.15) is 5.10 Å². The maximum atomic E-state index is 12.5. The lowest BCUT2D eigenvalue weighted by Gasteiger charge is -2.13. The van der Waals surface area contributed by atoms with Crippen molar-refractivity contribution in [2.45, 2.75) is 13.0 Å². The van der Waals surface area contributed by atoms with Gasteiger partial charge in [-0.05, 0) is 67.1 Å². The van der Waals surface area contributed by atoms with Gasteiger partial charge in [0.25, 0.3) is 5.91 Å². The molecule has 0 radical (unpaired) electrons. The number of benzene rings is 3. The zero-order valence-corrected chi connectivity index (χ0v) is 20.3. The van der Waals surface area contributed by atoms with E-state index in [1.54, 1.807) is 43.3 Å². The largest absolute Gasteiger partial charge is 0.493 e. The van der Waals surface area contributed by atoms with E-state index in [9.17, 15) is 9.59 Å². The molecule has 3 aromatic rings. The van der Waals surface area contributed by atoms with E-state index in [1.807, 2.05) is 0 Å². The van der Waals surface area contributed by atoms with Crippen LogP contribution in [0.25, 0.3) is 0 Å². The molecular formula is C24H19Cl3N2O5. The summed E-state index contributed by atoms with van der Waals surface area (Å²) in [5.74, 6) is -0.181. The molecule has 0 saturated carbocycles. The summed E-state index contributed by atoms with van der Waals surface area (Å²) < 4.78 is 16.3. The number of esters is 1. The van der Waals surface area contributed by atoms with Crippen molar-refractivity contribution in [1.29, 1.82) is 0 Å². The maximum absolute atomic E-state index is 12.5. The third kappa shape index (κ3) is 6.87. The number of carbonyl (C=O) groups excluding carboxylic acids is 2. The zero-order valence-electron chi connectivity index (χ0n) is 18.1. The van der Waals surface area contributed by atoms with Crippen molar-refractivity contribution in [2.24, 2.45) is 5.10 Å². The van der Waals surface area contributed by atoms with E-state index < -0.39 is 18.0 Å². The minimum Gasteiger partial charge on any atom is -0.493 e. The summed E-state index contributed by atoms with van der Waals surface area (Å²) in [5.41, 5.74) is 3.15. The monoisotopic (exact) mass is 520 g/mol. The third-order valence-electron chi connectivity index (χ3n) is 4.41. The van der Waals surface area contributed by atoms with Gasteiger partial charge in [-0.15, -0.1) is 0 Å². The second kappa shape index (κ2) is 11.7. The Labute approximate surface area is 211 Å². The average Bonchev–Trinajstić information content (AvgIpc) is 2.79. The molecule has 0 heterocycles. The summed E-state index contributed by atoms with van der Waals surface area (Å²) >= 11 is 17.8. The molecule has 1 atom stereocenters. The molecule has 0 aliphatic carbocycles. The van der Waals surface area contributed by atoms with Crippen LogP contribution in [0.3, 0.4) is 0 Å². The van der Waals surface area contributed by atoms with E-state index in [2.05, 4.69) is 10.5 Å². The number of ether oxygens (including phenoxy) is 3. The van der Waals surface area contributed by atoms with Crippen LogP contribution in [0, 0.1) is 0 Å². The molecule has 0 aromatic heterocycles. The number of hydrogen-bond acceptors (Lipinski definition) is 6. The molecule has 3 rings (SSSR count). The molecule has 0 spiro atoms. The van der Waals surface area contributed by atoms with Crippen molar-refractivity contribution >= 4 is 52.9 Å². The van der Waals surface area contributed by atoms with Crippen molar-refractivity contribution < 1.29 is 23.8 Å². The highest BCUT2D eigenvalue weighted by Gasteiger charge is 2.17. The SMILES string of the molecule is COc1cc(/C=N\NC(=O)[C@H](C)Oc2cccc(Cl)c2)ccc1OC(=O)c1ccc(Cl)cc1Cl. The molecule has 3 aromatic carbocycles. The van der Waals surface area contributed by atoms with E-state index in [-0.39, 0.29) is 22.1 Å². The minimum absolute atomic E-state index is 0.163. The lowest BCUT2D eigenvalue weighted by molar-refractivity contribution is -0.127. The number of methoxy groups -OCH3 is 1. The summed E-state index contributed by atoms with van der Waals surface area (Å²) in [6, 6.07) is 16.0. The van der Waals surface area contributed by atoms with Crippen LogP contribution in [0.15, 0.2) is 65.8 Å². The van der Waals surface area contributed by atoms with E-state index >= 15 is 0 Å². The molecular weight excluding hydrogens is 503 g/mol. The highest BCUT2D eigenvalue weighted by atomic mass is 35.5. The molecule has 0 aliphatic rings. The number of nitrogens with one attached hydrogen (secondary N) is 1. The van der Waals surface area contributed by atoms with Gasteiger partial charge < -0.3 is 14.2 Å². The molecule has 10 heteroatoms. The molecule has 1 N–H and O–H groups in total. The molecule has 34 heavy (non-hydrogen) atoms. The van der Waals surface area contributed by atoms with Crippen molar-refractivity contribution in [2.75, 3.05) is 7.11 Å². The Hall–Kier alpha value is -3.26. The van der Waals surface area contributed by atoms with Gasteiger partial charge in [-0.3, -0.25) is 4.79 Å². The number of halogens is 3. The second-order valence-corrected chi connectivity index (χ2v) is 8.16. The quantitative estimate of drug-likeness (QED) is 0.175. The molecule has 7 nitrogen and oxygen atoms in total. The first-order valence-electron chi connectivity index (χ1n) is 9.87. The summed E-state index contributed by atoms with van der Waals surface area (Å²) in [7, 11) is 1.43. The minimum atomic E-state index is -0.799. The third-order valence-corrected chi connectivity index (χ3v) is 5.19. The van der Waals surface area contributed by atoms with Crippen LogP contribution in [0.2, 0.25) is 15.1 Å². The molecule has 0 unspecified atom stereocenters. The predicted molar refractivity (Wildman–Crippen MR) is 132 cm³/mol. The predicted octanol–water partition coefficient (Wildman–Crippen LogP) is 5.79. The van der Waals surface area contributed by atoms with Gasteiger partial charge in [-0.1, -0.05) is 40.9 Å². The van der Waals surface area contributed by atoms with Gasteiger partial charge >= 0.3 is 5.97 Å². The highest BCUT2D eigenvalue weighted by molar-refractivity contribution is 6.36. The summed E-state index contributed by atoms with van der Waals surface area (Å²) in [6.45, 7) is 1.59. The van der Waals surface area contributed by atoms with Crippen LogP contribution in [0.4, 0.5) is 0 Å². The Morgan fingerprint density at radius 3 is 2.44 bits per heavy atom. The maximum Gasteiger partial charge on any atom is 0.345 e. The molecule has 1 amide bonds. The average molecular weight is 522 g/mol. The summed E-state index contributed by atoms with van der Waals surface area (Å²) in [5, 5.41) is 5.01. The van der Waals surface area contributed by atoms with Crippen molar-refractivity contribution in [3.05, 3.63) is 86.9 Å². The fourth-order valence-electron chi connectivity index (χ4n) is 2.72. The Bertz CT molecular complexity index is 1230. The van der Waals surface area contributed by atoms with Gasteiger partial charge in [0.15, 0.2) is 17.6 Å². The first-order valence-corrected chi connectivity index (χ1v) is 11.0. The second-order valence-electron chi connectivity index (χ2n) is 6.88. The number of amides is 1. The number of rotatable bonds is 8. The van der Waals surface area contributed by atoms with E-state index in [0.717, 1.165) is 0 Å². The van der Waals surface area contributed by atoms with E-state index in [0.29, 0.717) is 21.4 Å².